The average molecular weight is 325 g/mol. The maximum atomic E-state index is 12.5. The summed E-state index contributed by atoms with van der Waals surface area (Å²) in [5, 5.41) is 4.06. The van der Waals surface area contributed by atoms with Crippen LogP contribution in [0.1, 0.15) is 49.9 Å². The lowest BCUT2D eigenvalue weighted by Crippen LogP contribution is -2.31. The molecule has 0 spiro atoms. The lowest BCUT2D eigenvalue weighted by atomic mass is 10.1. The minimum Gasteiger partial charge on any atom is -0.459 e. The molecule has 126 valence electrons. The third-order valence-electron chi connectivity index (χ3n) is 4.38. The molecule has 1 atom stereocenters. The van der Waals surface area contributed by atoms with E-state index in [1.807, 2.05) is 48.9 Å². The summed E-state index contributed by atoms with van der Waals surface area (Å²) >= 11 is 0. The number of aromatic nitrogens is 2. The zero-order chi connectivity index (χ0) is 17.3. The van der Waals surface area contributed by atoms with Crippen LogP contribution in [-0.4, -0.2) is 15.5 Å². The molecule has 5 heteroatoms. The number of rotatable bonds is 5. The van der Waals surface area contributed by atoms with Gasteiger partial charge in [0.25, 0.3) is 0 Å². The number of hydrogen-bond donors (Lipinski definition) is 1. The van der Waals surface area contributed by atoms with Crippen LogP contribution in [0.2, 0.25) is 0 Å². The Morgan fingerprint density at radius 2 is 2.04 bits per heavy atom. The van der Waals surface area contributed by atoms with Crippen molar-refractivity contribution in [2.45, 2.75) is 46.2 Å². The molecule has 0 unspecified atom stereocenters. The lowest BCUT2D eigenvalue weighted by Gasteiger charge is -2.17. The predicted molar refractivity (Wildman–Crippen MR) is 93.8 cm³/mol. The zero-order valence-electron chi connectivity index (χ0n) is 14.5. The molecule has 3 rings (SSSR count). The maximum absolute atomic E-state index is 12.5. The van der Waals surface area contributed by atoms with Gasteiger partial charge in [-0.2, -0.15) is 0 Å². The van der Waals surface area contributed by atoms with E-state index in [9.17, 15) is 4.79 Å². The third-order valence-corrected chi connectivity index (χ3v) is 4.38. The van der Waals surface area contributed by atoms with Gasteiger partial charge in [0.05, 0.1) is 6.54 Å². The van der Waals surface area contributed by atoms with Crippen molar-refractivity contribution in [3.8, 4) is 0 Å². The van der Waals surface area contributed by atoms with E-state index in [0.29, 0.717) is 6.54 Å². The molecular formula is C19H23N3O2. The average Bonchev–Trinajstić information content (AvgIpc) is 3.18. The van der Waals surface area contributed by atoms with E-state index in [1.54, 1.807) is 6.20 Å². The molecule has 0 saturated heterocycles. The van der Waals surface area contributed by atoms with Gasteiger partial charge in [0, 0.05) is 29.3 Å². The number of benzene rings is 1. The van der Waals surface area contributed by atoms with Crippen LogP contribution in [0.5, 0.6) is 0 Å². The fourth-order valence-corrected chi connectivity index (χ4v) is 2.93. The Morgan fingerprint density at radius 1 is 1.29 bits per heavy atom. The minimum atomic E-state index is -0.311. The van der Waals surface area contributed by atoms with Crippen molar-refractivity contribution < 1.29 is 9.21 Å². The number of carbonyl (C=O) groups is 1. The van der Waals surface area contributed by atoms with Gasteiger partial charge in [-0.1, -0.05) is 32.0 Å². The van der Waals surface area contributed by atoms with Crippen LogP contribution in [0.4, 0.5) is 0 Å². The second-order valence-corrected chi connectivity index (χ2v) is 6.39. The maximum Gasteiger partial charge on any atom is 0.243 e. The smallest absolute Gasteiger partial charge is 0.243 e. The van der Waals surface area contributed by atoms with Crippen molar-refractivity contribution in [3.63, 3.8) is 0 Å². The molecule has 0 aliphatic carbocycles. The first-order valence-electron chi connectivity index (χ1n) is 8.26. The van der Waals surface area contributed by atoms with E-state index in [-0.39, 0.29) is 17.9 Å². The summed E-state index contributed by atoms with van der Waals surface area (Å²) in [6, 6.07) is 7.60. The van der Waals surface area contributed by atoms with Gasteiger partial charge < -0.3 is 14.3 Å². The van der Waals surface area contributed by atoms with Crippen molar-refractivity contribution in [1.29, 1.82) is 0 Å². The van der Waals surface area contributed by atoms with Crippen LogP contribution in [0, 0.1) is 6.92 Å². The van der Waals surface area contributed by atoms with Crippen LogP contribution in [0.3, 0.4) is 0 Å². The molecule has 0 saturated carbocycles. The number of furan rings is 1. The van der Waals surface area contributed by atoms with Gasteiger partial charge in [-0.05, 0) is 19.9 Å². The quantitative estimate of drug-likeness (QED) is 0.773. The molecule has 0 bridgehead atoms. The Hall–Kier alpha value is -2.56. The first kappa shape index (κ1) is 16.3. The number of fused-ring (bicyclic) bond motifs is 1. The molecule has 2 aromatic heterocycles. The number of carbonyl (C=O) groups excluding carboxylic acids is 1. The van der Waals surface area contributed by atoms with Crippen LogP contribution in [0.25, 0.3) is 11.0 Å². The SMILES string of the molecule is Cc1c(CNC(=O)[C@H](C)n2ccnc2C(C)C)oc2ccccc12. The van der Waals surface area contributed by atoms with Gasteiger partial charge in [-0.25, -0.2) is 4.98 Å². The molecule has 1 amide bonds. The van der Waals surface area contributed by atoms with E-state index >= 15 is 0 Å². The molecule has 0 fully saturated rings. The number of hydrogen-bond acceptors (Lipinski definition) is 3. The summed E-state index contributed by atoms with van der Waals surface area (Å²) in [4.78, 5) is 16.9. The second-order valence-electron chi connectivity index (χ2n) is 6.39. The van der Waals surface area contributed by atoms with E-state index in [0.717, 1.165) is 28.1 Å². The normalized spacial score (nSPS) is 12.7. The minimum absolute atomic E-state index is 0.0465. The highest BCUT2D eigenvalue weighted by molar-refractivity contribution is 5.83. The van der Waals surface area contributed by atoms with Crippen molar-refractivity contribution in [3.05, 3.63) is 53.8 Å². The van der Waals surface area contributed by atoms with Gasteiger partial charge in [0.2, 0.25) is 5.91 Å². The number of nitrogens with zero attached hydrogens (tertiary/aromatic N) is 2. The van der Waals surface area contributed by atoms with Gasteiger partial charge in [-0.15, -0.1) is 0 Å². The third kappa shape index (κ3) is 2.94. The monoisotopic (exact) mass is 325 g/mol. The topological polar surface area (TPSA) is 60.1 Å². The van der Waals surface area contributed by atoms with E-state index in [4.69, 9.17) is 4.42 Å². The molecular weight excluding hydrogens is 302 g/mol. The van der Waals surface area contributed by atoms with Gasteiger partial charge in [-0.3, -0.25) is 4.79 Å². The van der Waals surface area contributed by atoms with Crippen molar-refractivity contribution in [1.82, 2.24) is 14.9 Å². The number of imidazole rings is 1. The summed E-state index contributed by atoms with van der Waals surface area (Å²) in [7, 11) is 0. The van der Waals surface area contributed by atoms with Crippen LogP contribution < -0.4 is 5.32 Å². The van der Waals surface area contributed by atoms with E-state index in [2.05, 4.69) is 24.1 Å². The molecule has 2 heterocycles. The summed E-state index contributed by atoms with van der Waals surface area (Å²) < 4.78 is 7.77. The molecule has 1 N–H and O–H groups in total. The lowest BCUT2D eigenvalue weighted by molar-refractivity contribution is -0.124. The molecule has 0 aliphatic rings. The van der Waals surface area contributed by atoms with Crippen molar-refractivity contribution >= 4 is 16.9 Å². The van der Waals surface area contributed by atoms with Crippen molar-refractivity contribution in [2.24, 2.45) is 0 Å². The summed E-state index contributed by atoms with van der Waals surface area (Å²) in [6.45, 7) is 8.43. The Bertz CT molecular complexity index is 861. The molecule has 24 heavy (non-hydrogen) atoms. The first-order chi connectivity index (χ1) is 11.5. The largest absolute Gasteiger partial charge is 0.459 e. The molecule has 3 aromatic rings. The Morgan fingerprint density at radius 3 is 2.75 bits per heavy atom. The zero-order valence-corrected chi connectivity index (χ0v) is 14.5. The number of para-hydroxylation sites is 1. The molecule has 0 aliphatic heterocycles. The highest BCUT2D eigenvalue weighted by Gasteiger charge is 2.20. The standard InChI is InChI=1S/C19H23N3O2/c1-12(2)18-20-9-10-22(18)14(4)19(23)21-11-17-13(3)15-7-5-6-8-16(15)24-17/h5-10,12,14H,11H2,1-4H3,(H,21,23)/t14-/m0/s1. The summed E-state index contributed by atoms with van der Waals surface area (Å²) in [5.41, 5.74) is 1.92. The Kier molecular flexibility index (Phi) is 4.42. The molecule has 5 nitrogen and oxygen atoms in total. The highest BCUT2D eigenvalue weighted by atomic mass is 16.3. The first-order valence-corrected chi connectivity index (χ1v) is 8.26. The van der Waals surface area contributed by atoms with Crippen molar-refractivity contribution in [2.75, 3.05) is 0 Å². The summed E-state index contributed by atoms with van der Waals surface area (Å²) in [5.74, 6) is 1.94. The Labute approximate surface area is 141 Å². The van der Waals surface area contributed by atoms with Crippen LogP contribution >= 0.6 is 0 Å². The fraction of sp³-hybridized carbons (Fsp3) is 0.368. The van der Waals surface area contributed by atoms with E-state index < -0.39 is 0 Å². The van der Waals surface area contributed by atoms with Crippen LogP contribution in [-0.2, 0) is 11.3 Å². The van der Waals surface area contributed by atoms with Gasteiger partial charge in [0.1, 0.15) is 23.2 Å². The number of aryl methyl sites for hydroxylation is 1. The van der Waals surface area contributed by atoms with Crippen LogP contribution in [0.15, 0.2) is 41.1 Å². The Balaban J connectivity index is 1.72. The second kappa shape index (κ2) is 6.51. The summed E-state index contributed by atoms with van der Waals surface area (Å²) in [6.07, 6.45) is 3.59. The fourth-order valence-electron chi connectivity index (χ4n) is 2.93. The molecule has 1 aromatic carbocycles. The van der Waals surface area contributed by atoms with Gasteiger partial charge in [0.15, 0.2) is 0 Å². The highest BCUT2D eigenvalue weighted by Crippen LogP contribution is 2.25. The number of nitrogens with one attached hydrogen (secondary N) is 1. The van der Waals surface area contributed by atoms with E-state index in [1.165, 1.54) is 0 Å². The predicted octanol–water partition coefficient (Wildman–Crippen LogP) is 3.94. The molecule has 0 radical (unpaired) electrons. The number of amides is 1. The van der Waals surface area contributed by atoms with Gasteiger partial charge >= 0.3 is 0 Å².